The molecular formula is C37H47N5O3. The first-order chi connectivity index (χ1) is 21.6. The summed E-state index contributed by atoms with van der Waals surface area (Å²) in [5.41, 5.74) is 8.91. The molecule has 2 aromatic heterocycles. The van der Waals surface area contributed by atoms with Gasteiger partial charge < -0.3 is 23.8 Å². The summed E-state index contributed by atoms with van der Waals surface area (Å²) in [5.74, 6) is 0.257. The maximum absolute atomic E-state index is 13.6. The molecule has 0 spiro atoms. The molecule has 0 unspecified atom stereocenters. The number of rotatable bonds is 8. The molecule has 238 valence electrons. The summed E-state index contributed by atoms with van der Waals surface area (Å²) in [6, 6.07) is 10.8. The van der Waals surface area contributed by atoms with Crippen molar-refractivity contribution < 1.29 is 14.3 Å². The van der Waals surface area contributed by atoms with Crippen LogP contribution in [0.2, 0.25) is 0 Å². The lowest BCUT2D eigenvalue weighted by molar-refractivity contribution is -0.164. The Bertz CT molecular complexity index is 1680. The van der Waals surface area contributed by atoms with Gasteiger partial charge in [-0.3, -0.25) is 0 Å². The number of methoxy groups -OCH3 is 1. The quantitative estimate of drug-likeness (QED) is 0.195. The molecule has 45 heavy (non-hydrogen) atoms. The first-order valence-electron chi connectivity index (χ1n) is 16.4. The van der Waals surface area contributed by atoms with Crippen LogP contribution < -0.4 is 4.90 Å². The largest absolute Gasteiger partial charge is 0.467 e. The fourth-order valence-corrected chi connectivity index (χ4v) is 7.02. The molecule has 4 heterocycles. The minimum atomic E-state index is -0.919. The maximum atomic E-state index is 13.6. The van der Waals surface area contributed by atoms with Crippen LogP contribution in [0.3, 0.4) is 0 Å². The van der Waals surface area contributed by atoms with Crippen LogP contribution in [0.25, 0.3) is 22.0 Å². The van der Waals surface area contributed by atoms with E-state index >= 15 is 0 Å². The first-order valence-corrected chi connectivity index (χ1v) is 16.4. The van der Waals surface area contributed by atoms with Gasteiger partial charge in [0.1, 0.15) is 0 Å². The van der Waals surface area contributed by atoms with Crippen molar-refractivity contribution in [3.8, 4) is 11.1 Å². The van der Waals surface area contributed by atoms with Gasteiger partial charge in [-0.15, -0.1) is 0 Å². The molecule has 0 radical (unpaired) electrons. The van der Waals surface area contributed by atoms with E-state index in [9.17, 15) is 4.79 Å². The Morgan fingerprint density at radius 3 is 2.29 bits per heavy atom. The van der Waals surface area contributed by atoms with Crippen molar-refractivity contribution in [1.82, 2.24) is 19.4 Å². The fourth-order valence-electron chi connectivity index (χ4n) is 7.02. The highest BCUT2D eigenvalue weighted by Gasteiger charge is 2.37. The van der Waals surface area contributed by atoms with Crippen molar-refractivity contribution in [2.45, 2.75) is 85.5 Å². The Morgan fingerprint density at radius 2 is 1.64 bits per heavy atom. The second-order valence-corrected chi connectivity index (χ2v) is 13.7. The zero-order chi connectivity index (χ0) is 31.9. The molecule has 2 aliphatic heterocycles. The number of aromatic nitrogens is 3. The van der Waals surface area contributed by atoms with E-state index in [0.29, 0.717) is 5.95 Å². The van der Waals surface area contributed by atoms with E-state index in [2.05, 4.69) is 65.5 Å². The van der Waals surface area contributed by atoms with Crippen molar-refractivity contribution in [3.05, 3.63) is 70.7 Å². The van der Waals surface area contributed by atoms with Gasteiger partial charge in [-0.05, 0) is 102 Å². The van der Waals surface area contributed by atoms with E-state index < -0.39 is 17.7 Å². The van der Waals surface area contributed by atoms with Gasteiger partial charge in [0.05, 0.1) is 23.9 Å². The average molecular weight is 610 g/mol. The first kappa shape index (κ1) is 31.2. The van der Waals surface area contributed by atoms with E-state index in [1.807, 2.05) is 33.2 Å². The van der Waals surface area contributed by atoms with Crippen molar-refractivity contribution >= 4 is 28.5 Å². The van der Waals surface area contributed by atoms with Crippen LogP contribution in [0.5, 0.6) is 0 Å². The number of likely N-dealkylation sites (tertiary alicyclic amines) is 1. The number of nitrogens with zero attached hydrogens (tertiary/aromatic N) is 5. The van der Waals surface area contributed by atoms with Crippen LogP contribution in [0, 0.1) is 20.8 Å². The maximum Gasteiger partial charge on any atom is 0.339 e. The predicted molar refractivity (Wildman–Crippen MR) is 180 cm³/mol. The van der Waals surface area contributed by atoms with Crippen molar-refractivity contribution in [2.75, 3.05) is 38.2 Å². The minimum Gasteiger partial charge on any atom is -0.467 e. The van der Waals surface area contributed by atoms with Gasteiger partial charge in [0.15, 0.2) is 6.10 Å². The summed E-state index contributed by atoms with van der Waals surface area (Å²) in [6.07, 6.45) is 7.93. The fraction of sp³-hybridized carbons (Fsp3) is 0.486. The Balaban J connectivity index is 1.50. The zero-order valence-electron chi connectivity index (χ0n) is 27.9. The number of hydrogen-bond acceptors (Lipinski definition) is 7. The second kappa shape index (κ2) is 12.6. The molecular weight excluding hydrogens is 562 g/mol. The number of anilines is 2. The van der Waals surface area contributed by atoms with Gasteiger partial charge >= 0.3 is 5.97 Å². The van der Waals surface area contributed by atoms with Crippen LogP contribution in [-0.2, 0) is 27.2 Å². The summed E-state index contributed by atoms with van der Waals surface area (Å²) in [5, 5.41) is 1.08. The zero-order valence-corrected chi connectivity index (χ0v) is 27.9. The van der Waals surface area contributed by atoms with Gasteiger partial charge in [-0.25, -0.2) is 14.8 Å². The normalized spacial score (nSPS) is 16.3. The van der Waals surface area contributed by atoms with Crippen molar-refractivity contribution in [3.63, 3.8) is 0 Å². The molecule has 0 bridgehead atoms. The van der Waals surface area contributed by atoms with Gasteiger partial charge in [-0.1, -0.05) is 36.2 Å². The number of carbonyl (C=O) groups excluding carboxylic acids is 1. The summed E-state index contributed by atoms with van der Waals surface area (Å²) < 4.78 is 14.3. The van der Waals surface area contributed by atoms with E-state index in [4.69, 9.17) is 19.4 Å². The molecule has 4 aromatic rings. The van der Waals surface area contributed by atoms with Gasteiger partial charge in [-0.2, -0.15) is 0 Å². The molecule has 0 saturated carbocycles. The van der Waals surface area contributed by atoms with Crippen LogP contribution in [0.1, 0.15) is 74.1 Å². The molecule has 1 fully saturated rings. The van der Waals surface area contributed by atoms with E-state index in [0.717, 1.165) is 70.5 Å². The highest BCUT2D eigenvalue weighted by Crippen LogP contribution is 2.49. The predicted octanol–water partition coefficient (Wildman–Crippen LogP) is 7.23. The molecule has 0 amide bonds. The standard InChI is InChI=1S/C37H47N5O3/c1-24-11-13-28(14-12-24)31-29-21-25(2)41-19-20-42(36-38-22-27(23-39-36)15-18-40-16-9-8-10-17-40)32(33(29)41)26(3)30(31)34(35(43)44-7)45-37(4,5)6/h11-14,21-23,34H,8-10,15-20H2,1-7H3/t34-/m0/s1. The highest BCUT2D eigenvalue weighted by atomic mass is 16.6. The molecule has 2 aromatic carbocycles. The average Bonchev–Trinajstić information content (AvgIpc) is 3.37. The number of hydrogen-bond donors (Lipinski definition) is 0. The van der Waals surface area contributed by atoms with E-state index in [1.165, 1.54) is 50.7 Å². The smallest absolute Gasteiger partial charge is 0.339 e. The van der Waals surface area contributed by atoms with E-state index in [-0.39, 0.29) is 0 Å². The highest BCUT2D eigenvalue weighted by molar-refractivity contribution is 6.08. The SMILES string of the molecule is COC(=O)[C@@H](OC(C)(C)C)c1c(C)c2c3c(cc(C)n3CCN2c2ncc(CCN3CCCCC3)cn2)c1-c1ccc(C)cc1. The Morgan fingerprint density at radius 1 is 0.956 bits per heavy atom. The Labute approximate surface area is 267 Å². The number of aryl methyl sites for hydroxylation is 2. The van der Waals surface area contributed by atoms with Crippen molar-refractivity contribution in [1.29, 1.82) is 0 Å². The Kier molecular flexibility index (Phi) is 8.72. The van der Waals surface area contributed by atoms with Crippen LogP contribution in [0.4, 0.5) is 11.6 Å². The van der Waals surface area contributed by atoms with Crippen LogP contribution in [-0.4, -0.2) is 64.3 Å². The number of ether oxygens (including phenoxy) is 2. The molecule has 8 nitrogen and oxygen atoms in total. The minimum absolute atomic E-state index is 0.416. The lowest BCUT2D eigenvalue weighted by atomic mass is 9.87. The van der Waals surface area contributed by atoms with Gasteiger partial charge in [0.2, 0.25) is 5.95 Å². The summed E-state index contributed by atoms with van der Waals surface area (Å²) in [6.45, 7) is 17.2. The monoisotopic (exact) mass is 609 g/mol. The molecule has 6 rings (SSSR count). The molecule has 1 atom stereocenters. The van der Waals surface area contributed by atoms with Crippen LogP contribution >= 0.6 is 0 Å². The molecule has 2 aliphatic rings. The third kappa shape index (κ3) is 6.23. The summed E-state index contributed by atoms with van der Waals surface area (Å²) in [7, 11) is 1.43. The van der Waals surface area contributed by atoms with Gasteiger partial charge in [0, 0.05) is 48.7 Å². The molecule has 0 aliphatic carbocycles. The molecule has 1 saturated heterocycles. The van der Waals surface area contributed by atoms with Crippen molar-refractivity contribution in [2.24, 2.45) is 0 Å². The summed E-state index contributed by atoms with van der Waals surface area (Å²) >= 11 is 0. The topological polar surface area (TPSA) is 72.7 Å². The third-order valence-corrected chi connectivity index (χ3v) is 9.23. The number of benzene rings is 2. The number of piperidine rings is 1. The lowest BCUT2D eigenvalue weighted by Crippen LogP contribution is -2.32. The summed E-state index contributed by atoms with van der Waals surface area (Å²) in [4.78, 5) is 28.2. The lowest BCUT2D eigenvalue weighted by Gasteiger charge is -2.35. The molecule has 8 heteroatoms. The van der Waals surface area contributed by atoms with E-state index in [1.54, 1.807) is 0 Å². The van der Waals surface area contributed by atoms with Crippen LogP contribution in [0.15, 0.2) is 42.7 Å². The third-order valence-electron chi connectivity index (χ3n) is 9.23. The molecule has 0 N–H and O–H groups in total. The Hall–Kier alpha value is -3.75. The number of carbonyl (C=O) groups is 1. The second-order valence-electron chi connectivity index (χ2n) is 13.7. The van der Waals surface area contributed by atoms with Gasteiger partial charge in [0.25, 0.3) is 0 Å². The number of esters is 1.